The molecule has 3 rings (SSSR count). The number of aromatic nitrogens is 3. The smallest absolute Gasteiger partial charge is 0.292 e. The summed E-state index contributed by atoms with van der Waals surface area (Å²) in [7, 11) is 0. The molecule has 0 saturated heterocycles. The van der Waals surface area contributed by atoms with Crippen LogP contribution in [0.1, 0.15) is 5.56 Å². The van der Waals surface area contributed by atoms with E-state index >= 15 is 0 Å². The van der Waals surface area contributed by atoms with E-state index in [-0.39, 0.29) is 17.1 Å². The SMILES string of the molecule is Cc1ccccc1-n1cnnc1SCC(=O)Nc1cc(Cl)ccc1[N+](=O)[O-]. The van der Waals surface area contributed by atoms with Crippen LogP contribution >= 0.6 is 23.4 Å². The van der Waals surface area contributed by atoms with Gasteiger partial charge in [0.15, 0.2) is 5.16 Å². The van der Waals surface area contributed by atoms with Gasteiger partial charge in [-0.2, -0.15) is 0 Å². The number of carbonyl (C=O) groups is 1. The first kappa shape index (κ1) is 18.9. The Morgan fingerprint density at radius 3 is 2.85 bits per heavy atom. The first-order chi connectivity index (χ1) is 13.0. The lowest BCUT2D eigenvalue weighted by molar-refractivity contribution is -0.383. The van der Waals surface area contributed by atoms with Gasteiger partial charge in [-0.05, 0) is 30.7 Å². The topological polar surface area (TPSA) is 103 Å². The Hall–Kier alpha value is -2.91. The highest BCUT2D eigenvalue weighted by atomic mass is 35.5. The maximum absolute atomic E-state index is 12.3. The second-order valence-electron chi connectivity index (χ2n) is 5.53. The van der Waals surface area contributed by atoms with Crippen LogP contribution in [0.25, 0.3) is 5.69 Å². The van der Waals surface area contributed by atoms with Crippen molar-refractivity contribution >= 4 is 40.6 Å². The molecule has 0 aliphatic heterocycles. The molecule has 1 N–H and O–H groups in total. The molecule has 0 aliphatic carbocycles. The lowest BCUT2D eigenvalue weighted by Crippen LogP contribution is -2.15. The number of para-hydroxylation sites is 1. The molecule has 0 spiro atoms. The standard InChI is InChI=1S/C17H14ClN5O3S/c1-11-4-2-3-5-14(11)22-10-19-21-17(22)27-9-16(24)20-13-8-12(18)6-7-15(13)23(25)26/h2-8,10H,9H2,1H3,(H,20,24). The van der Waals surface area contributed by atoms with Gasteiger partial charge in [-0.3, -0.25) is 19.5 Å². The van der Waals surface area contributed by atoms with E-state index in [4.69, 9.17) is 11.6 Å². The molecule has 0 saturated carbocycles. The van der Waals surface area contributed by atoms with Crippen molar-refractivity contribution in [2.45, 2.75) is 12.1 Å². The zero-order valence-corrected chi connectivity index (χ0v) is 15.7. The summed E-state index contributed by atoms with van der Waals surface area (Å²) in [6, 6.07) is 11.7. The van der Waals surface area contributed by atoms with Crippen LogP contribution in [0.5, 0.6) is 0 Å². The molecule has 0 unspecified atom stereocenters. The van der Waals surface area contributed by atoms with Gasteiger partial charge in [0.2, 0.25) is 5.91 Å². The minimum absolute atomic E-state index is 0.00818. The minimum Gasteiger partial charge on any atom is -0.320 e. The van der Waals surface area contributed by atoms with Crippen LogP contribution in [0, 0.1) is 17.0 Å². The second-order valence-corrected chi connectivity index (χ2v) is 6.90. The van der Waals surface area contributed by atoms with Crippen LogP contribution < -0.4 is 5.32 Å². The number of hydrogen-bond donors (Lipinski definition) is 1. The summed E-state index contributed by atoms with van der Waals surface area (Å²) >= 11 is 7.04. The molecular weight excluding hydrogens is 390 g/mol. The van der Waals surface area contributed by atoms with E-state index in [1.54, 1.807) is 10.9 Å². The van der Waals surface area contributed by atoms with Gasteiger partial charge < -0.3 is 5.32 Å². The summed E-state index contributed by atoms with van der Waals surface area (Å²) in [5.74, 6) is -0.404. The summed E-state index contributed by atoms with van der Waals surface area (Å²) in [5, 5.41) is 22.4. The molecule has 0 radical (unpaired) electrons. The molecule has 1 aromatic heterocycles. The Kier molecular flexibility index (Phi) is 5.72. The number of aryl methyl sites for hydroxylation is 1. The number of rotatable bonds is 6. The summed E-state index contributed by atoms with van der Waals surface area (Å²) in [5.41, 5.74) is 1.79. The first-order valence-electron chi connectivity index (χ1n) is 7.78. The van der Waals surface area contributed by atoms with E-state index < -0.39 is 10.8 Å². The number of anilines is 1. The highest BCUT2D eigenvalue weighted by Crippen LogP contribution is 2.28. The van der Waals surface area contributed by atoms with Gasteiger partial charge >= 0.3 is 0 Å². The fourth-order valence-corrected chi connectivity index (χ4v) is 3.30. The van der Waals surface area contributed by atoms with Gasteiger partial charge in [-0.25, -0.2) is 0 Å². The number of nitro groups is 1. The monoisotopic (exact) mass is 403 g/mol. The summed E-state index contributed by atoms with van der Waals surface area (Å²) in [4.78, 5) is 22.8. The molecule has 1 amide bonds. The Morgan fingerprint density at radius 2 is 2.11 bits per heavy atom. The zero-order chi connectivity index (χ0) is 19.4. The molecule has 2 aromatic carbocycles. The molecule has 10 heteroatoms. The molecule has 0 bridgehead atoms. The Bertz CT molecular complexity index is 1010. The summed E-state index contributed by atoms with van der Waals surface area (Å²) in [6.07, 6.45) is 1.57. The summed E-state index contributed by atoms with van der Waals surface area (Å²) in [6.45, 7) is 1.97. The van der Waals surface area contributed by atoms with Gasteiger partial charge in [0.1, 0.15) is 12.0 Å². The first-order valence-corrected chi connectivity index (χ1v) is 9.14. The van der Waals surface area contributed by atoms with E-state index in [0.717, 1.165) is 11.3 Å². The highest BCUT2D eigenvalue weighted by Gasteiger charge is 2.17. The third-order valence-corrected chi connectivity index (χ3v) is 4.83. The highest BCUT2D eigenvalue weighted by molar-refractivity contribution is 7.99. The predicted molar refractivity (Wildman–Crippen MR) is 104 cm³/mol. The maximum Gasteiger partial charge on any atom is 0.292 e. The van der Waals surface area contributed by atoms with E-state index in [1.807, 2.05) is 31.2 Å². The molecule has 0 fully saturated rings. The predicted octanol–water partition coefficient (Wildman–Crippen LogP) is 3.87. The van der Waals surface area contributed by atoms with Crippen LogP contribution in [-0.4, -0.2) is 31.3 Å². The Morgan fingerprint density at radius 1 is 1.33 bits per heavy atom. The van der Waals surface area contributed by atoms with Crippen molar-refractivity contribution in [2.75, 3.05) is 11.1 Å². The fraction of sp³-hybridized carbons (Fsp3) is 0.118. The van der Waals surface area contributed by atoms with Gasteiger partial charge in [0.05, 0.1) is 16.4 Å². The van der Waals surface area contributed by atoms with E-state index in [9.17, 15) is 14.9 Å². The van der Waals surface area contributed by atoms with Crippen LogP contribution in [-0.2, 0) is 4.79 Å². The number of thioether (sulfide) groups is 1. The van der Waals surface area contributed by atoms with E-state index in [2.05, 4.69) is 15.5 Å². The van der Waals surface area contributed by atoms with Crippen molar-refractivity contribution < 1.29 is 9.72 Å². The van der Waals surface area contributed by atoms with Crippen LogP contribution in [0.15, 0.2) is 53.9 Å². The number of hydrogen-bond acceptors (Lipinski definition) is 6. The zero-order valence-electron chi connectivity index (χ0n) is 14.1. The number of amides is 1. The molecule has 8 nitrogen and oxygen atoms in total. The number of carbonyl (C=O) groups excluding carboxylic acids is 1. The second kappa shape index (κ2) is 8.19. The lowest BCUT2D eigenvalue weighted by Gasteiger charge is -2.09. The number of nitro benzene ring substituents is 1. The average molecular weight is 404 g/mol. The maximum atomic E-state index is 12.3. The quantitative estimate of drug-likeness (QED) is 0.380. The molecule has 3 aromatic rings. The van der Waals surface area contributed by atoms with Crippen LogP contribution in [0.4, 0.5) is 11.4 Å². The van der Waals surface area contributed by atoms with Gasteiger partial charge in [-0.15, -0.1) is 10.2 Å². The third-order valence-electron chi connectivity index (χ3n) is 3.65. The molecule has 1 heterocycles. The third kappa shape index (κ3) is 4.44. The van der Waals surface area contributed by atoms with Gasteiger partial charge in [0, 0.05) is 11.1 Å². The normalized spacial score (nSPS) is 10.6. The number of nitrogens with one attached hydrogen (secondary N) is 1. The minimum atomic E-state index is -0.576. The Balaban J connectivity index is 1.72. The van der Waals surface area contributed by atoms with E-state index in [1.165, 1.54) is 30.0 Å². The van der Waals surface area contributed by atoms with Crippen molar-refractivity contribution in [2.24, 2.45) is 0 Å². The molecule has 0 aliphatic rings. The fourth-order valence-electron chi connectivity index (χ4n) is 2.41. The largest absolute Gasteiger partial charge is 0.320 e. The number of halogens is 1. The van der Waals surface area contributed by atoms with Gasteiger partial charge in [0.25, 0.3) is 5.69 Å². The molecule has 0 atom stereocenters. The number of benzene rings is 2. The van der Waals surface area contributed by atoms with Crippen molar-refractivity contribution in [3.63, 3.8) is 0 Å². The molecule has 138 valence electrons. The molecular formula is C17H14ClN5O3S. The Labute approximate surface area is 163 Å². The van der Waals surface area contributed by atoms with Crippen molar-refractivity contribution in [3.05, 3.63) is 69.5 Å². The van der Waals surface area contributed by atoms with Crippen molar-refractivity contribution in [1.29, 1.82) is 0 Å². The average Bonchev–Trinajstić information content (AvgIpc) is 3.08. The number of nitrogens with zero attached hydrogens (tertiary/aromatic N) is 4. The van der Waals surface area contributed by atoms with Crippen molar-refractivity contribution in [3.8, 4) is 5.69 Å². The summed E-state index contributed by atoms with van der Waals surface area (Å²) < 4.78 is 1.79. The van der Waals surface area contributed by atoms with Crippen molar-refractivity contribution in [1.82, 2.24) is 14.8 Å². The molecule has 27 heavy (non-hydrogen) atoms. The van der Waals surface area contributed by atoms with Crippen LogP contribution in [0.2, 0.25) is 5.02 Å². The lowest BCUT2D eigenvalue weighted by atomic mass is 10.2. The van der Waals surface area contributed by atoms with E-state index in [0.29, 0.717) is 10.2 Å². The van der Waals surface area contributed by atoms with Crippen LogP contribution in [0.3, 0.4) is 0 Å². The van der Waals surface area contributed by atoms with Gasteiger partial charge in [-0.1, -0.05) is 41.6 Å².